The number of H-pyrrole nitrogens is 1. The molecule has 1 aliphatic heterocycles. The van der Waals surface area contributed by atoms with Gasteiger partial charge in [-0.2, -0.15) is 0 Å². The summed E-state index contributed by atoms with van der Waals surface area (Å²) in [5.41, 5.74) is 7.51. The Bertz CT molecular complexity index is 1200. The Kier molecular flexibility index (Phi) is 5.18. The van der Waals surface area contributed by atoms with Gasteiger partial charge in [0.25, 0.3) is 10.0 Å². The van der Waals surface area contributed by atoms with Crippen LogP contribution in [0.15, 0.2) is 51.0 Å². The van der Waals surface area contributed by atoms with Gasteiger partial charge in [-0.05, 0) is 23.6 Å². The monoisotopic (exact) mass is 448 g/mol. The number of rotatable bonds is 6. The van der Waals surface area contributed by atoms with E-state index in [-0.39, 0.29) is 17.1 Å². The number of carbonyl (C=O) groups excluding carboxylic acids is 1. The van der Waals surface area contributed by atoms with Crippen molar-refractivity contribution in [3.63, 3.8) is 0 Å². The number of thioether (sulfide) groups is 1. The van der Waals surface area contributed by atoms with Gasteiger partial charge in [0.1, 0.15) is 9.25 Å². The Morgan fingerprint density at radius 2 is 2.14 bits per heavy atom. The first-order valence-electron chi connectivity index (χ1n) is 8.94. The Morgan fingerprint density at radius 1 is 1.34 bits per heavy atom. The van der Waals surface area contributed by atoms with E-state index in [1.807, 2.05) is 25.1 Å². The van der Waals surface area contributed by atoms with Gasteiger partial charge < -0.3 is 10.7 Å². The highest BCUT2D eigenvalue weighted by Gasteiger charge is 2.30. The Hall–Kier alpha value is -2.30. The average molecular weight is 449 g/mol. The van der Waals surface area contributed by atoms with Crippen molar-refractivity contribution >= 4 is 60.7 Å². The number of amides is 1. The molecular formula is C19H20N4O3S3. The number of aliphatic imine (C=N–C) groups is 1. The summed E-state index contributed by atoms with van der Waals surface area (Å²) >= 11 is 2.71. The molecule has 3 heterocycles. The van der Waals surface area contributed by atoms with Crippen LogP contribution in [-0.4, -0.2) is 43.2 Å². The van der Waals surface area contributed by atoms with Gasteiger partial charge in [-0.3, -0.25) is 14.1 Å². The van der Waals surface area contributed by atoms with Crippen LogP contribution in [0, 0.1) is 5.92 Å². The number of primary amides is 1. The normalized spacial score (nSPS) is 18.0. The van der Waals surface area contributed by atoms with E-state index >= 15 is 0 Å². The highest BCUT2D eigenvalue weighted by atomic mass is 32.2. The summed E-state index contributed by atoms with van der Waals surface area (Å²) in [7, 11) is -2.08. The topological polar surface area (TPSA) is 109 Å². The molecule has 1 amide bonds. The van der Waals surface area contributed by atoms with Gasteiger partial charge in [0.15, 0.2) is 0 Å². The molecule has 3 aromatic rings. The van der Waals surface area contributed by atoms with E-state index in [4.69, 9.17) is 5.73 Å². The molecule has 0 saturated carbocycles. The SMILES string of the molecule is CC(C(N)=O)C1CN=C(c2cc3cccc(N(C)S(=O)(=O)c4cccs4)c3[nH]2)S1. The summed E-state index contributed by atoms with van der Waals surface area (Å²) < 4.78 is 27.5. The van der Waals surface area contributed by atoms with Gasteiger partial charge in [-0.25, -0.2) is 8.42 Å². The van der Waals surface area contributed by atoms with Crippen LogP contribution in [0.2, 0.25) is 0 Å². The second kappa shape index (κ2) is 7.51. The zero-order valence-corrected chi connectivity index (χ0v) is 18.3. The molecule has 3 N–H and O–H groups in total. The van der Waals surface area contributed by atoms with Gasteiger partial charge >= 0.3 is 0 Å². The predicted molar refractivity (Wildman–Crippen MR) is 119 cm³/mol. The van der Waals surface area contributed by atoms with Gasteiger partial charge in [0, 0.05) is 23.6 Å². The Morgan fingerprint density at radius 3 is 2.83 bits per heavy atom. The molecule has 0 fully saturated rings. The smallest absolute Gasteiger partial charge is 0.273 e. The van der Waals surface area contributed by atoms with E-state index in [1.165, 1.54) is 27.4 Å². The minimum atomic E-state index is -3.63. The summed E-state index contributed by atoms with van der Waals surface area (Å²) in [6.07, 6.45) is 0. The van der Waals surface area contributed by atoms with Gasteiger partial charge in [0.05, 0.1) is 23.4 Å². The molecule has 0 aliphatic carbocycles. The fourth-order valence-corrected chi connectivity index (χ4v) is 6.70. The summed E-state index contributed by atoms with van der Waals surface area (Å²) in [4.78, 5) is 19.4. The number of carbonyl (C=O) groups is 1. The summed E-state index contributed by atoms with van der Waals surface area (Å²) in [5.74, 6) is -0.610. The van der Waals surface area contributed by atoms with Crippen LogP contribution >= 0.6 is 23.1 Å². The Labute approximate surface area is 177 Å². The predicted octanol–water partition coefficient (Wildman–Crippen LogP) is 3.04. The molecular weight excluding hydrogens is 428 g/mol. The highest BCUT2D eigenvalue weighted by Crippen LogP contribution is 2.35. The first-order chi connectivity index (χ1) is 13.8. The fourth-order valence-electron chi connectivity index (χ4n) is 3.18. The second-order valence-electron chi connectivity index (χ2n) is 6.82. The van der Waals surface area contributed by atoms with E-state index in [0.717, 1.165) is 21.6 Å². The first kappa shape index (κ1) is 20.0. The minimum Gasteiger partial charge on any atom is -0.369 e. The van der Waals surface area contributed by atoms with Gasteiger partial charge in [-0.15, -0.1) is 11.3 Å². The van der Waals surface area contributed by atoms with Crippen molar-refractivity contribution in [3.05, 3.63) is 47.5 Å². The van der Waals surface area contributed by atoms with E-state index in [1.54, 1.807) is 30.6 Å². The van der Waals surface area contributed by atoms with Crippen molar-refractivity contribution in [2.24, 2.45) is 16.6 Å². The van der Waals surface area contributed by atoms with Crippen LogP contribution in [0.3, 0.4) is 0 Å². The molecule has 152 valence electrons. The van der Waals surface area contributed by atoms with Crippen molar-refractivity contribution in [2.45, 2.75) is 16.4 Å². The number of aromatic nitrogens is 1. The molecule has 0 bridgehead atoms. The van der Waals surface area contributed by atoms with E-state index in [2.05, 4.69) is 9.98 Å². The number of nitrogens with one attached hydrogen (secondary N) is 1. The van der Waals surface area contributed by atoms with E-state index in [9.17, 15) is 13.2 Å². The molecule has 0 spiro atoms. The summed E-state index contributed by atoms with van der Waals surface area (Å²) in [5, 5.41) is 3.44. The van der Waals surface area contributed by atoms with E-state index in [0.29, 0.717) is 16.4 Å². The van der Waals surface area contributed by atoms with Crippen molar-refractivity contribution in [2.75, 3.05) is 17.9 Å². The van der Waals surface area contributed by atoms with Crippen LogP contribution in [0.4, 0.5) is 5.69 Å². The number of hydrogen-bond donors (Lipinski definition) is 2. The number of aromatic amines is 1. The summed E-state index contributed by atoms with van der Waals surface area (Å²) in [6.45, 7) is 2.34. The lowest BCUT2D eigenvalue weighted by atomic mass is 10.1. The highest BCUT2D eigenvalue weighted by molar-refractivity contribution is 8.15. The maximum Gasteiger partial charge on any atom is 0.273 e. The summed E-state index contributed by atoms with van der Waals surface area (Å²) in [6, 6.07) is 10.8. The van der Waals surface area contributed by atoms with E-state index < -0.39 is 10.0 Å². The standard InChI is InChI=1S/C19H20N4O3S3/c1-11(18(20)24)15-10-21-19(28-15)13-9-12-5-3-6-14(17(12)22-13)23(2)29(25,26)16-7-4-8-27-16/h3-9,11,15,22H,10H2,1-2H3,(H2,20,24). The molecule has 10 heteroatoms. The number of benzene rings is 1. The zero-order valence-electron chi connectivity index (χ0n) is 15.8. The molecule has 2 aromatic heterocycles. The van der Waals surface area contributed by atoms with Crippen molar-refractivity contribution < 1.29 is 13.2 Å². The zero-order chi connectivity index (χ0) is 20.8. The molecule has 2 atom stereocenters. The molecule has 2 unspecified atom stereocenters. The Balaban J connectivity index is 1.68. The van der Waals surface area contributed by atoms with Gasteiger partial charge in [0.2, 0.25) is 5.91 Å². The van der Waals surface area contributed by atoms with Crippen LogP contribution in [0.1, 0.15) is 12.6 Å². The number of para-hydroxylation sites is 1. The molecule has 0 saturated heterocycles. The minimum absolute atomic E-state index is 0.00950. The number of sulfonamides is 1. The van der Waals surface area contributed by atoms with Crippen LogP contribution in [0.5, 0.6) is 0 Å². The van der Waals surface area contributed by atoms with Crippen LogP contribution in [0.25, 0.3) is 10.9 Å². The number of thiophene rings is 1. The molecule has 0 radical (unpaired) electrons. The number of anilines is 1. The fraction of sp³-hybridized carbons (Fsp3) is 0.263. The maximum atomic E-state index is 12.9. The second-order valence-corrected chi connectivity index (χ2v) is 11.2. The first-order valence-corrected chi connectivity index (χ1v) is 12.1. The molecule has 7 nitrogen and oxygen atoms in total. The van der Waals surface area contributed by atoms with Crippen LogP contribution in [-0.2, 0) is 14.8 Å². The lowest BCUT2D eigenvalue weighted by molar-refractivity contribution is -0.121. The molecule has 29 heavy (non-hydrogen) atoms. The van der Waals surface area contributed by atoms with Crippen LogP contribution < -0.4 is 10.0 Å². The average Bonchev–Trinajstić information content (AvgIpc) is 3.45. The van der Waals surface area contributed by atoms with Gasteiger partial charge in [-0.1, -0.05) is 36.9 Å². The third-order valence-electron chi connectivity index (χ3n) is 5.00. The van der Waals surface area contributed by atoms with Crippen molar-refractivity contribution in [1.82, 2.24) is 4.98 Å². The number of fused-ring (bicyclic) bond motifs is 1. The van der Waals surface area contributed by atoms with Crippen molar-refractivity contribution in [1.29, 1.82) is 0 Å². The molecule has 4 rings (SSSR count). The largest absolute Gasteiger partial charge is 0.369 e. The number of hydrogen-bond acceptors (Lipinski definition) is 6. The lowest BCUT2D eigenvalue weighted by Gasteiger charge is -2.19. The third-order valence-corrected chi connectivity index (χ3v) is 9.57. The third kappa shape index (κ3) is 3.56. The molecule has 1 aliphatic rings. The number of nitrogens with zero attached hydrogens (tertiary/aromatic N) is 2. The number of nitrogens with two attached hydrogens (primary N) is 1. The molecule has 1 aromatic carbocycles. The lowest BCUT2D eigenvalue weighted by Crippen LogP contribution is -2.30. The van der Waals surface area contributed by atoms with Crippen molar-refractivity contribution in [3.8, 4) is 0 Å². The quantitative estimate of drug-likeness (QED) is 0.604. The maximum absolute atomic E-state index is 12.9.